The summed E-state index contributed by atoms with van der Waals surface area (Å²) in [7, 11) is 0. The Balaban J connectivity index is 1.90. The topological polar surface area (TPSA) is 105 Å². The van der Waals surface area contributed by atoms with Crippen LogP contribution in [0.5, 0.6) is 0 Å². The first-order valence-electron chi connectivity index (χ1n) is 4.85. The van der Waals surface area contributed by atoms with Crippen molar-refractivity contribution in [3.05, 3.63) is 0 Å². The monoisotopic (exact) mass is 242 g/mol. The molecule has 0 aliphatic heterocycles. The van der Waals surface area contributed by atoms with Crippen molar-refractivity contribution in [2.75, 3.05) is 5.32 Å². The van der Waals surface area contributed by atoms with Gasteiger partial charge in [-0.15, -0.1) is 0 Å². The number of aliphatic carboxylic acids is 1. The van der Waals surface area contributed by atoms with E-state index in [-0.39, 0.29) is 11.8 Å². The fourth-order valence-corrected chi connectivity index (χ4v) is 2.20. The van der Waals surface area contributed by atoms with Crippen LogP contribution in [0, 0.1) is 11.8 Å². The average molecular weight is 242 g/mol. The van der Waals surface area contributed by atoms with Crippen molar-refractivity contribution in [2.24, 2.45) is 11.8 Å². The number of hydrogen-bond donors (Lipinski definition) is 2. The fourth-order valence-electron chi connectivity index (χ4n) is 1.83. The Bertz CT molecular complexity index is 394. The molecule has 0 radical (unpaired) electrons. The second-order valence-corrected chi connectivity index (χ2v) is 4.43. The number of anilines is 1. The SMILES string of the molecule is O=C(O)C1CCC(C(=O)Nc2nnns2)C1. The molecule has 2 rings (SSSR count). The first kappa shape index (κ1) is 10.9. The Morgan fingerprint density at radius 2 is 2.12 bits per heavy atom. The lowest BCUT2D eigenvalue weighted by molar-refractivity contribution is -0.141. The van der Waals surface area contributed by atoms with E-state index in [0.29, 0.717) is 24.4 Å². The Morgan fingerprint density at radius 3 is 2.69 bits per heavy atom. The highest BCUT2D eigenvalue weighted by Crippen LogP contribution is 2.31. The third kappa shape index (κ3) is 2.32. The van der Waals surface area contributed by atoms with Gasteiger partial charge in [0.1, 0.15) is 0 Å². The van der Waals surface area contributed by atoms with Crippen molar-refractivity contribution < 1.29 is 14.7 Å². The average Bonchev–Trinajstić information content (AvgIpc) is 2.86. The maximum absolute atomic E-state index is 11.7. The predicted octanol–water partition coefficient (Wildman–Crippen LogP) is 0.372. The van der Waals surface area contributed by atoms with Gasteiger partial charge in [0.05, 0.1) is 5.92 Å². The molecule has 0 saturated heterocycles. The van der Waals surface area contributed by atoms with Crippen LogP contribution >= 0.6 is 11.5 Å². The van der Waals surface area contributed by atoms with Crippen molar-refractivity contribution in [3.63, 3.8) is 0 Å². The number of carbonyl (C=O) groups is 2. The Labute approximate surface area is 95.0 Å². The molecular weight excluding hydrogens is 232 g/mol. The maximum Gasteiger partial charge on any atom is 0.306 e. The molecule has 7 nitrogen and oxygen atoms in total. The number of rotatable bonds is 3. The van der Waals surface area contributed by atoms with Gasteiger partial charge in [-0.25, -0.2) is 0 Å². The van der Waals surface area contributed by atoms with Gasteiger partial charge in [-0.1, -0.05) is 9.59 Å². The molecule has 1 aromatic rings. The molecule has 0 bridgehead atoms. The van der Waals surface area contributed by atoms with Crippen molar-refractivity contribution >= 4 is 28.5 Å². The Hall–Kier alpha value is -1.57. The normalized spacial score (nSPS) is 24.2. The Morgan fingerprint density at radius 1 is 1.38 bits per heavy atom. The van der Waals surface area contributed by atoms with E-state index in [0.717, 1.165) is 11.5 Å². The van der Waals surface area contributed by atoms with E-state index in [9.17, 15) is 9.59 Å². The molecule has 8 heteroatoms. The minimum atomic E-state index is -0.826. The van der Waals surface area contributed by atoms with E-state index < -0.39 is 11.9 Å². The lowest BCUT2D eigenvalue weighted by Crippen LogP contribution is -2.21. The second-order valence-electron chi connectivity index (χ2n) is 3.70. The molecule has 0 spiro atoms. The zero-order chi connectivity index (χ0) is 11.5. The van der Waals surface area contributed by atoms with Crippen molar-refractivity contribution in [1.29, 1.82) is 0 Å². The molecule has 86 valence electrons. The van der Waals surface area contributed by atoms with Crippen LogP contribution in [0.1, 0.15) is 19.3 Å². The largest absolute Gasteiger partial charge is 0.481 e. The highest BCUT2D eigenvalue weighted by atomic mass is 32.1. The summed E-state index contributed by atoms with van der Waals surface area (Å²) in [5, 5.41) is 18.7. The van der Waals surface area contributed by atoms with E-state index in [1.165, 1.54) is 0 Å². The highest BCUT2D eigenvalue weighted by Gasteiger charge is 2.34. The molecule has 1 saturated carbocycles. The fraction of sp³-hybridized carbons (Fsp3) is 0.625. The van der Waals surface area contributed by atoms with Crippen LogP contribution in [0.25, 0.3) is 0 Å². The molecule has 2 N–H and O–H groups in total. The van der Waals surface area contributed by atoms with E-state index in [4.69, 9.17) is 5.11 Å². The van der Waals surface area contributed by atoms with Gasteiger partial charge in [-0.2, -0.15) is 0 Å². The predicted molar refractivity (Wildman–Crippen MR) is 54.8 cm³/mol. The third-order valence-corrected chi connectivity index (χ3v) is 3.19. The minimum Gasteiger partial charge on any atom is -0.481 e. The van der Waals surface area contributed by atoms with Gasteiger partial charge in [0.15, 0.2) is 0 Å². The summed E-state index contributed by atoms with van der Waals surface area (Å²) in [6.07, 6.45) is 1.56. The molecule has 16 heavy (non-hydrogen) atoms. The molecule has 1 heterocycles. The van der Waals surface area contributed by atoms with Crippen LogP contribution in [-0.4, -0.2) is 31.8 Å². The third-order valence-electron chi connectivity index (χ3n) is 2.68. The van der Waals surface area contributed by atoms with E-state index >= 15 is 0 Å². The van der Waals surface area contributed by atoms with Gasteiger partial charge >= 0.3 is 5.97 Å². The summed E-state index contributed by atoms with van der Waals surface area (Å²) in [4.78, 5) is 22.4. The number of nitrogens with one attached hydrogen (secondary N) is 1. The highest BCUT2D eigenvalue weighted by molar-refractivity contribution is 7.09. The number of carboxylic acid groups (broad SMARTS) is 1. The molecule has 0 aromatic carbocycles. The van der Waals surface area contributed by atoms with Gasteiger partial charge in [-0.3, -0.25) is 14.9 Å². The van der Waals surface area contributed by atoms with Crippen molar-refractivity contribution in [1.82, 2.24) is 14.8 Å². The number of carbonyl (C=O) groups excluding carboxylic acids is 1. The van der Waals surface area contributed by atoms with Crippen LogP contribution in [0.3, 0.4) is 0 Å². The molecule has 1 aromatic heterocycles. The number of amides is 1. The first-order valence-corrected chi connectivity index (χ1v) is 5.63. The standard InChI is InChI=1S/C8H10N4O3S/c13-6(9-8-10-11-12-16-8)4-1-2-5(3-4)7(14)15/h4-5H,1-3H2,(H,14,15)(H,9,10,12,13). The van der Waals surface area contributed by atoms with Crippen molar-refractivity contribution in [2.45, 2.75) is 19.3 Å². The summed E-state index contributed by atoms with van der Waals surface area (Å²) >= 11 is 0.997. The van der Waals surface area contributed by atoms with Crippen LogP contribution in [-0.2, 0) is 9.59 Å². The van der Waals surface area contributed by atoms with Gasteiger partial charge in [0.2, 0.25) is 11.0 Å². The van der Waals surface area contributed by atoms with Crippen LogP contribution in [0.2, 0.25) is 0 Å². The molecule has 1 fully saturated rings. The zero-order valence-electron chi connectivity index (χ0n) is 8.29. The summed E-state index contributed by atoms with van der Waals surface area (Å²) in [5.41, 5.74) is 0. The number of carboxylic acids is 1. The Kier molecular flexibility index (Phi) is 3.09. The van der Waals surface area contributed by atoms with E-state index in [1.807, 2.05) is 0 Å². The summed E-state index contributed by atoms with van der Waals surface area (Å²) < 4.78 is 3.52. The summed E-state index contributed by atoms with van der Waals surface area (Å²) in [6.45, 7) is 0. The van der Waals surface area contributed by atoms with E-state index in [2.05, 4.69) is 20.1 Å². The van der Waals surface area contributed by atoms with Crippen LogP contribution in [0.4, 0.5) is 5.13 Å². The molecule has 1 amide bonds. The maximum atomic E-state index is 11.7. The van der Waals surface area contributed by atoms with Gasteiger partial charge < -0.3 is 5.11 Å². The van der Waals surface area contributed by atoms with Crippen LogP contribution < -0.4 is 5.32 Å². The zero-order valence-corrected chi connectivity index (χ0v) is 9.11. The lowest BCUT2D eigenvalue weighted by atomic mass is 10.0. The number of aromatic nitrogens is 3. The summed E-state index contributed by atoms with van der Waals surface area (Å²) in [6, 6.07) is 0. The molecular formula is C8H10N4O3S. The molecule has 1 aliphatic rings. The quantitative estimate of drug-likeness (QED) is 0.793. The molecule has 2 unspecified atom stereocenters. The van der Waals surface area contributed by atoms with Crippen molar-refractivity contribution in [3.8, 4) is 0 Å². The molecule has 2 atom stereocenters. The van der Waals surface area contributed by atoms with Gasteiger partial charge in [-0.05, 0) is 24.5 Å². The van der Waals surface area contributed by atoms with Gasteiger partial charge in [0, 0.05) is 17.5 Å². The first-order chi connectivity index (χ1) is 7.66. The smallest absolute Gasteiger partial charge is 0.306 e. The molecule has 1 aliphatic carbocycles. The van der Waals surface area contributed by atoms with Gasteiger partial charge in [0.25, 0.3) is 0 Å². The second kappa shape index (κ2) is 4.52. The summed E-state index contributed by atoms with van der Waals surface area (Å²) in [5.74, 6) is -1.66. The lowest BCUT2D eigenvalue weighted by Gasteiger charge is -2.07. The number of hydrogen-bond acceptors (Lipinski definition) is 6. The van der Waals surface area contributed by atoms with E-state index in [1.54, 1.807) is 0 Å². The number of nitrogens with zero attached hydrogens (tertiary/aromatic N) is 3. The minimum absolute atomic E-state index is 0.192. The van der Waals surface area contributed by atoms with Crippen LogP contribution in [0.15, 0.2) is 0 Å².